The zero-order valence-corrected chi connectivity index (χ0v) is 10.5. The first-order valence-corrected chi connectivity index (χ1v) is 5.28. The van der Waals surface area contributed by atoms with Gasteiger partial charge in [0.25, 0.3) is 0 Å². The van der Waals surface area contributed by atoms with Crippen molar-refractivity contribution in [1.29, 1.82) is 0 Å². The largest absolute Gasteiger partial charge is 0.421 e. The molecule has 0 aliphatic rings. The van der Waals surface area contributed by atoms with Crippen molar-refractivity contribution >= 4 is 33.5 Å². The lowest BCUT2D eigenvalue weighted by Crippen LogP contribution is -2.14. The molecule has 6 heteroatoms. The van der Waals surface area contributed by atoms with Crippen LogP contribution in [0.15, 0.2) is 4.47 Å². The number of halogens is 2. The normalized spacial score (nSPS) is 10.2. The molecule has 0 aromatic carbocycles. The minimum Gasteiger partial charge on any atom is -0.421 e. The molecule has 1 aromatic heterocycles. The number of pyridine rings is 1. The van der Waals surface area contributed by atoms with Gasteiger partial charge in [0.15, 0.2) is 5.75 Å². The van der Waals surface area contributed by atoms with Crippen LogP contribution < -0.4 is 4.74 Å². The summed E-state index contributed by atoms with van der Waals surface area (Å²) in [5.41, 5.74) is 1.21. The Labute approximate surface area is 100 Å². The first-order valence-electron chi connectivity index (χ1n) is 4.11. The number of aliphatic hydroxyl groups excluding tert-OH is 1. The first kappa shape index (κ1) is 12.4. The lowest BCUT2D eigenvalue weighted by atomic mass is 10.3. The van der Waals surface area contributed by atoms with Gasteiger partial charge in [-0.1, -0.05) is 11.6 Å². The van der Waals surface area contributed by atoms with Crippen LogP contribution in [0, 0.1) is 13.8 Å². The molecule has 0 radical (unpaired) electrons. The molecule has 82 valence electrons. The summed E-state index contributed by atoms with van der Waals surface area (Å²) in [4.78, 5) is 15.0. The van der Waals surface area contributed by atoms with Crippen molar-refractivity contribution in [2.75, 3.05) is 6.61 Å². The van der Waals surface area contributed by atoms with Crippen molar-refractivity contribution in [3.05, 3.63) is 20.9 Å². The van der Waals surface area contributed by atoms with Crippen molar-refractivity contribution < 1.29 is 14.6 Å². The second-order valence-electron chi connectivity index (χ2n) is 2.87. The third-order valence-electron chi connectivity index (χ3n) is 1.72. The summed E-state index contributed by atoms with van der Waals surface area (Å²) in [5, 5.41) is 8.83. The van der Waals surface area contributed by atoms with Crippen molar-refractivity contribution in [2.24, 2.45) is 0 Å². The first-order chi connectivity index (χ1) is 6.97. The molecule has 0 amide bonds. The van der Waals surface area contributed by atoms with E-state index in [0.717, 1.165) is 0 Å². The number of carbonyl (C=O) groups excluding carboxylic acids is 1. The molecule has 0 saturated heterocycles. The predicted octanol–water partition coefficient (Wildman–Crippen LogP) is 2.01. The topological polar surface area (TPSA) is 59.4 Å². The van der Waals surface area contributed by atoms with Crippen LogP contribution in [0.2, 0.25) is 5.02 Å². The molecule has 0 saturated carbocycles. The molecule has 1 heterocycles. The number of hydrogen-bond donors (Lipinski definition) is 1. The third-order valence-corrected chi connectivity index (χ3v) is 3.28. The molecule has 4 nitrogen and oxygen atoms in total. The molecule has 0 bridgehead atoms. The van der Waals surface area contributed by atoms with Gasteiger partial charge in [-0.3, -0.25) is 4.98 Å². The average molecular weight is 295 g/mol. The number of nitrogens with zero attached hydrogens (tertiary/aromatic N) is 1. The van der Waals surface area contributed by atoms with Gasteiger partial charge < -0.3 is 9.84 Å². The van der Waals surface area contributed by atoms with Gasteiger partial charge in [0.1, 0.15) is 11.6 Å². The van der Waals surface area contributed by atoms with Crippen LogP contribution in [0.4, 0.5) is 0 Å². The molecule has 0 unspecified atom stereocenters. The number of aromatic nitrogens is 1. The van der Waals surface area contributed by atoms with Crippen molar-refractivity contribution in [2.45, 2.75) is 13.8 Å². The van der Waals surface area contributed by atoms with Gasteiger partial charge in [-0.15, -0.1) is 0 Å². The highest BCUT2D eigenvalue weighted by Crippen LogP contribution is 2.35. The van der Waals surface area contributed by atoms with Crippen LogP contribution in [-0.2, 0) is 4.79 Å². The van der Waals surface area contributed by atoms with Crippen molar-refractivity contribution in [1.82, 2.24) is 4.98 Å². The SMILES string of the molecule is Cc1nc(C)c(OC(=O)CO)c(Cl)c1Br. The van der Waals surface area contributed by atoms with E-state index in [2.05, 4.69) is 20.9 Å². The summed E-state index contributed by atoms with van der Waals surface area (Å²) in [6, 6.07) is 0. The van der Waals surface area contributed by atoms with Gasteiger partial charge in [0, 0.05) is 0 Å². The lowest BCUT2D eigenvalue weighted by molar-refractivity contribution is -0.137. The minimum absolute atomic E-state index is 0.174. The van der Waals surface area contributed by atoms with E-state index in [4.69, 9.17) is 21.4 Å². The molecule has 0 fully saturated rings. The average Bonchev–Trinajstić information content (AvgIpc) is 2.21. The second kappa shape index (κ2) is 4.92. The molecular formula is C9H9BrClNO3. The Balaban J connectivity index is 3.18. The predicted molar refractivity (Wildman–Crippen MR) is 59.1 cm³/mol. The Morgan fingerprint density at radius 2 is 2.13 bits per heavy atom. The van der Waals surface area contributed by atoms with Gasteiger partial charge in [-0.2, -0.15) is 0 Å². The van der Waals surface area contributed by atoms with Gasteiger partial charge in [0.05, 0.1) is 15.9 Å². The molecule has 1 N–H and O–H groups in total. The maximum absolute atomic E-state index is 10.9. The molecule has 15 heavy (non-hydrogen) atoms. The molecule has 0 atom stereocenters. The minimum atomic E-state index is -0.766. The summed E-state index contributed by atoms with van der Waals surface area (Å²) < 4.78 is 5.43. The van der Waals surface area contributed by atoms with Crippen molar-refractivity contribution in [3.8, 4) is 5.75 Å². The van der Waals surface area contributed by atoms with Gasteiger partial charge in [-0.05, 0) is 29.8 Å². The molecule has 0 aliphatic carbocycles. The molecule has 0 spiro atoms. The highest BCUT2D eigenvalue weighted by molar-refractivity contribution is 9.10. The van der Waals surface area contributed by atoms with Gasteiger partial charge in [0.2, 0.25) is 0 Å². The van der Waals surface area contributed by atoms with Crippen LogP contribution in [0.5, 0.6) is 5.75 Å². The number of esters is 1. The summed E-state index contributed by atoms with van der Waals surface area (Å²) in [6.07, 6.45) is 0. The zero-order chi connectivity index (χ0) is 11.6. The van der Waals surface area contributed by atoms with E-state index in [1.54, 1.807) is 13.8 Å². The van der Waals surface area contributed by atoms with E-state index in [-0.39, 0.29) is 10.8 Å². The van der Waals surface area contributed by atoms with E-state index >= 15 is 0 Å². The van der Waals surface area contributed by atoms with Crippen LogP contribution in [-0.4, -0.2) is 22.7 Å². The van der Waals surface area contributed by atoms with Gasteiger partial charge in [-0.25, -0.2) is 4.79 Å². The number of hydrogen-bond acceptors (Lipinski definition) is 4. The maximum Gasteiger partial charge on any atom is 0.337 e. The van der Waals surface area contributed by atoms with E-state index in [1.165, 1.54) is 0 Å². The second-order valence-corrected chi connectivity index (χ2v) is 4.04. The van der Waals surface area contributed by atoms with E-state index in [9.17, 15) is 4.79 Å². The Morgan fingerprint density at radius 1 is 1.53 bits per heavy atom. The summed E-state index contributed by atoms with van der Waals surface area (Å²) in [6.45, 7) is 2.76. The Kier molecular flexibility index (Phi) is 4.07. The quantitative estimate of drug-likeness (QED) is 0.848. The summed E-state index contributed by atoms with van der Waals surface area (Å²) in [7, 11) is 0. The van der Waals surface area contributed by atoms with E-state index in [0.29, 0.717) is 15.9 Å². The summed E-state index contributed by atoms with van der Waals surface area (Å²) >= 11 is 9.19. The van der Waals surface area contributed by atoms with E-state index in [1.807, 2.05) is 0 Å². The fraction of sp³-hybridized carbons (Fsp3) is 0.333. The van der Waals surface area contributed by atoms with Crippen LogP contribution in [0.1, 0.15) is 11.4 Å². The molecule has 1 aromatic rings. The van der Waals surface area contributed by atoms with Gasteiger partial charge >= 0.3 is 5.97 Å². The molecule has 1 rings (SSSR count). The maximum atomic E-state index is 10.9. The number of ether oxygens (including phenoxy) is 1. The number of aliphatic hydroxyl groups is 1. The lowest BCUT2D eigenvalue weighted by Gasteiger charge is -2.10. The smallest absolute Gasteiger partial charge is 0.337 e. The highest BCUT2D eigenvalue weighted by Gasteiger charge is 2.16. The molecule has 0 aliphatic heterocycles. The fourth-order valence-corrected chi connectivity index (χ4v) is 1.61. The monoisotopic (exact) mass is 293 g/mol. The van der Waals surface area contributed by atoms with Crippen LogP contribution in [0.3, 0.4) is 0 Å². The Hall–Kier alpha value is -0.650. The standard InChI is InChI=1S/C9H9BrClNO3/c1-4-7(10)8(11)9(5(2)12-4)15-6(14)3-13/h13H,3H2,1-2H3. The van der Waals surface area contributed by atoms with Crippen molar-refractivity contribution in [3.63, 3.8) is 0 Å². The highest BCUT2D eigenvalue weighted by atomic mass is 79.9. The number of aryl methyl sites for hydroxylation is 2. The third kappa shape index (κ3) is 2.68. The van der Waals surface area contributed by atoms with Crippen LogP contribution >= 0.6 is 27.5 Å². The Bertz CT molecular complexity index is 409. The molecular weight excluding hydrogens is 285 g/mol. The van der Waals surface area contributed by atoms with E-state index < -0.39 is 12.6 Å². The fourth-order valence-electron chi connectivity index (χ4n) is 1.03. The summed E-state index contributed by atoms with van der Waals surface area (Å²) in [5.74, 6) is -0.592. The van der Waals surface area contributed by atoms with Crippen LogP contribution in [0.25, 0.3) is 0 Å². The Morgan fingerprint density at radius 3 is 2.67 bits per heavy atom. The number of rotatable bonds is 2. The zero-order valence-electron chi connectivity index (χ0n) is 8.17. The number of carbonyl (C=O) groups is 1.